The Kier molecular flexibility index (Phi) is 5.06. The number of likely N-dealkylation sites (tertiary alicyclic amines) is 1. The van der Waals surface area contributed by atoms with Crippen LogP contribution in [-0.4, -0.2) is 53.1 Å². The summed E-state index contributed by atoms with van der Waals surface area (Å²) in [5, 5.41) is 21.8. The Balaban J connectivity index is 1.51. The predicted molar refractivity (Wildman–Crippen MR) is 93.3 cm³/mol. The van der Waals surface area contributed by atoms with Crippen molar-refractivity contribution in [1.29, 1.82) is 0 Å². The molecule has 6 nitrogen and oxygen atoms in total. The zero-order valence-electron chi connectivity index (χ0n) is 14.2. The molecule has 0 aliphatic carbocycles. The third-order valence-corrected chi connectivity index (χ3v) is 4.65. The van der Waals surface area contributed by atoms with Gasteiger partial charge in [-0.25, -0.2) is 0 Å². The zero-order valence-corrected chi connectivity index (χ0v) is 14.2. The lowest BCUT2D eigenvalue weighted by Gasteiger charge is -2.33. The normalized spacial score (nSPS) is 22.5. The zero-order chi connectivity index (χ0) is 17.1. The summed E-state index contributed by atoms with van der Waals surface area (Å²) in [7, 11) is 0. The molecule has 3 N–H and O–H groups in total. The molecular formula is C18H25N3O3. The fraction of sp³-hybridized carbons (Fsp3) is 0.500. The van der Waals surface area contributed by atoms with Crippen LogP contribution in [-0.2, 0) is 0 Å². The standard InChI is InChI=1S/C18H25N3O3/c1-12-4-3-5-16(13(12)2)24-15-6-8-21(9-7-15)11-14-10-17(22)20-18(23)19-14/h3-5,10,15,18-19,23H,6-9,11H2,1-2H3,(H,20,22). The van der Waals surface area contributed by atoms with E-state index in [9.17, 15) is 10.2 Å². The number of aryl methyl sites for hydroxylation is 1. The fourth-order valence-electron chi connectivity index (χ4n) is 3.11. The molecule has 1 fully saturated rings. The molecule has 2 aliphatic rings. The van der Waals surface area contributed by atoms with Gasteiger partial charge in [0.25, 0.3) is 0 Å². The van der Waals surface area contributed by atoms with Gasteiger partial charge in [0.15, 0.2) is 0 Å². The molecule has 0 saturated carbocycles. The van der Waals surface area contributed by atoms with Crippen molar-refractivity contribution in [2.75, 3.05) is 19.6 Å². The van der Waals surface area contributed by atoms with Gasteiger partial charge in [0.1, 0.15) is 11.9 Å². The maximum Gasteiger partial charge on any atom is 0.226 e. The van der Waals surface area contributed by atoms with Crippen LogP contribution in [0.15, 0.2) is 35.0 Å². The molecule has 3 rings (SSSR count). The first-order chi connectivity index (χ1) is 11.5. The van der Waals surface area contributed by atoms with Crippen LogP contribution < -0.4 is 10.1 Å². The molecular weight excluding hydrogens is 306 g/mol. The highest BCUT2D eigenvalue weighted by Crippen LogP contribution is 2.25. The average Bonchev–Trinajstić information content (AvgIpc) is 2.53. The molecule has 130 valence electrons. The fourth-order valence-corrected chi connectivity index (χ4v) is 3.11. The second-order valence-corrected chi connectivity index (χ2v) is 6.47. The van der Waals surface area contributed by atoms with Crippen molar-refractivity contribution in [2.45, 2.75) is 39.1 Å². The molecule has 1 atom stereocenters. The molecule has 6 heteroatoms. The first-order valence-electron chi connectivity index (χ1n) is 8.38. The van der Waals surface area contributed by atoms with Crippen LogP contribution in [0.4, 0.5) is 0 Å². The van der Waals surface area contributed by atoms with E-state index in [4.69, 9.17) is 4.74 Å². The van der Waals surface area contributed by atoms with Crippen LogP contribution in [0.1, 0.15) is 24.0 Å². The maximum atomic E-state index is 9.50. The molecule has 0 spiro atoms. The largest absolute Gasteiger partial charge is 0.493 e. The van der Waals surface area contributed by atoms with Crippen molar-refractivity contribution in [2.24, 2.45) is 4.99 Å². The highest BCUT2D eigenvalue weighted by Gasteiger charge is 2.23. The number of ether oxygens (including phenoxy) is 1. The van der Waals surface area contributed by atoms with Crippen molar-refractivity contribution < 1.29 is 14.9 Å². The Morgan fingerprint density at radius 3 is 2.75 bits per heavy atom. The maximum absolute atomic E-state index is 9.50. The Labute approximate surface area is 142 Å². The molecule has 2 heterocycles. The quantitative estimate of drug-likeness (QED) is 0.785. The highest BCUT2D eigenvalue weighted by atomic mass is 16.5. The van der Waals surface area contributed by atoms with E-state index in [2.05, 4.69) is 35.1 Å². The Bertz CT molecular complexity index is 649. The van der Waals surface area contributed by atoms with Gasteiger partial charge < -0.3 is 20.3 Å². The highest BCUT2D eigenvalue weighted by molar-refractivity contribution is 5.87. The molecule has 24 heavy (non-hydrogen) atoms. The number of nitrogens with zero attached hydrogens (tertiary/aromatic N) is 2. The van der Waals surface area contributed by atoms with E-state index >= 15 is 0 Å². The minimum atomic E-state index is -1.06. The summed E-state index contributed by atoms with van der Waals surface area (Å²) in [5.74, 6) is 0.846. The van der Waals surface area contributed by atoms with E-state index in [1.54, 1.807) is 6.08 Å². The Morgan fingerprint density at radius 1 is 1.29 bits per heavy atom. The summed E-state index contributed by atoms with van der Waals surface area (Å²) in [6.45, 7) is 6.70. The van der Waals surface area contributed by atoms with Gasteiger partial charge >= 0.3 is 0 Å². The second kappa shape index (κ2) is 7.23. The van der Waals surface area contributed by atoms with Crippen molar-refractivity contribution in [3.63, 3.8) is 0 Å². The van der Waals surface area contributed by atoms with Gasteiger partial charge in [-0.2, -0.15) is 4.99 Å². The number of piperidine rings is 1. The van der Waals surface area contributed by atoms with Gasteiger partial charge in [-0.3, -0.25) is 4.90 Å². The monoisotopic (exact) mass is 331 g/mol. The first kappa shape index (κ1) is 16.8. The van der Waals surface area contributed by atoms with Crippen molar-refractivity contribution in [3.05, 3.63) is 41.1 Å². The number of nitrogens with one attached hydrogen (secondary N) is 1. The molecule has 0 radical (unpaired) electrons. The number of aliphatic imine (C=N–C) groups is 1. The molecule has 0 aromatic heterocycles. The Morgan fingerprint density at radius 2 is 2.04 bits per heavy atom. The van der Waals surface area contributed by atoms with E-state index in [1.165, 1.54) is 11.1 Å². The number of hydrogen-bond donors (Lipinski definition) is 3. The lowest BCUT2D eigenvalue weighted by atomic mass is 10.1. The molecule has 1 aromatic rings. The number of rotatable bonds is 4. The van der Waals surface area contributed by atoms with Gasteiger partial charge in [-0.15, -0.1) is 0 Å². The summed E-state index contributed by atoms with van der Waals surface area (Å²) < 4.78 is 6.18. The topological polar surface area (TPSA) is 77.3 Å². The van der Waals surface area contributed by atoms with Crippen molar-refractivity contribution in [3.8, 4) is 5.75 Å². The molecule has 0 amide bonds. The van der Waals surface area contributed by atoms with Crippen LogP contribution >= 0.6 is 0 Å². The van der Waals surface area contributed by atoms with E-state index in [0.717, 1.165) is 37.4 Å². The van der Waals surface area contributed by atoms with E-state index in [0.29, 0.717) is 6.54 Å². The van der Waals surface area contributed by atoms with E-state index < -0.39 is 6.35 Å². The van der Waals surface area contributed by atoms with Crippen LogP contribution in [0, 0.1) is 13.8 Å². The van der Waals surface area contributed by atoms with Crippen LogP contribution in [0.2, 0.25) is 0 Å². The SMILES string of the molecule is Cc1cccc(OC2CCN(CC3=CC(O)=NC(O)N3)CC2)c1C. The molecule has 1 unspecified atom stereocenters. The lowest BCUT2D eigenvalue weighted by molar-refractivity contribution is 0.0996. The second-order valence-electron chi connectivity index (χ2n) is 6.47. The first-order valence-corrected chi connectivity index (χ1v) is 8.38. The van der Waals surface area contributed by atoms with Gasteiger partial charge in [-0.1, -0.05) is 12.1 Å². The number of aliphatic hydroxyl groups is 2. The Hall–Kier alpha value is -2.05. The van der Waals surface area contributed by atoms with Gasteiger partial charge in [0, 0.05) is 31.4 Å². The molecule has 0 bridgehead atoms. The summed E-state index contributed by atoms with van der Waals surface area (Å²) in [5.41, 5.74) is 3.24. The number of aliphatic hydroxyl groups excluding tert-OH is 2. The summed E-state index contributed by atoms with van der Waals surface area (Å²) in [4.78, 5) is 5.89. The van der Waals surface area contributed by atoms with E-state index in [1.807, 2.05) is 12.1 Å². The van der Waals surface area contributed by atoms with Crippen LogP contribution in [0.3, 0.4) is 0 Å². The van der Waals surface area contributed by atoms with Crippen LogP contribution in [0.25, 0.3) is 0 Å². The minimum absolute atomic E-state index is 0.135. The summed E-state index contributed by atoms with van der Waals surface area (Å²) in [6.07, 6.45) is 2.66. The lowest BCUT2D eigenvalue weighted by Crippen LogP contribution is -2.43. The minimum Gasteiger partial charge on any atom is -0.493 e. The van der Waals surface area contributed by atoms with Gasteiger partial charge in [0.2, 0.25) is 12.2 Å². The van der Waals surface area contributed by atoms with Crippen molar-refractivity contribution in [1.82, 2.24) is 10.2 Å². The third kappa shape index (κ3) is 4.07. The molecule has 1 saturated heterocycles. The molecule has 2 aliphatic heterocycles. The molecule has 1 aromatic carbocycles. The van der Waals surface area contributed by atoms with Gasteiger partial charge in [0.05, 0.1) is 0 Å². The average molecular weight is 331 g/mol. The third-order valence-electron chi connectivity index (χ3n) is 4.65. The smallest absolute Gasteiger partial charge is 0.226 e. The number of benzene rings is 1. The summed E-state index contributed by atoms with van der Waals surface area (Å²) in [6, 6.07) is 6.17. The van der Waals surface area contributed by atoms with Crippen molar-refractivity contribution >= 4 is 5.90 Å². The predicted octanol–water partition coefficient (Wildman–Crippen LogP) is 1.87. The van der Waals surface area contributed by atoms with Crippen LogP contribution in [0.5, 0.6) is 5.75 Å². The summed E-state index contributed by atoms with van der Waals surface area (Å²) >= 11 is 0. The number of hydrogen-bond acceptors (Lipinski definition) is 5. The van der Waals surface area contributed by atoms with E-state index in [-0.39, 0.29) is 12.0 Å². The van der Waals surface area contributed by atoms with Gasteiger partial charge in [-0.05, 0) is 43.9 Å².